The number of hydrogen-bond acceptors (Lipinski definition) is 7. The van der Waals surface area contributed by atoms with Gasteiger partial charge in [0.1, 0.15) is 22.7 Å². The van der Waals surface area contributed by atoms with Crippen molar-refractivity contribution in [3.05, 3.63) is 59.9 Å². The summed E-state index contributed by atoms with van der Waals surface area (Å²) in [6, 6.07) is 14.2. The summed E-state index contributed by atoms with van der Waals surface area (Å²) in [6.45, 7) is 0.354. The van der Waals surface area contributed by atoms with Gasteiger partial charge >= 0.3 is 6.09 Å². The number of benzene rings is 2. The van der Waals surface area contributed by atoms with Crippen molar-refractivity contribution in [3.63, 3.8) is 0 Å². The highest BCUT2D eigenvalue weighted by Crippen LogP contribution is 2.33. The zero-order valence-electron chi connectivity index (χ0n) is 16.9. The van der Waals surface area contributed by atoms with Gasteiger partial charge in [-0.05, 0) is 11.6 Å². The van der Waals surface area contributed by atoms with Crippen molar-refractivity contribution in [2.24, 2.45) is 0 Å². The van der Waals surface area contributed by atoms with E-state index in [9.17, 15) is 9.18 Å². The summed E-state index contributed by atoms with van der Waals surface area (Å²) in [4.78, 5) is 21.5. The van der Waals surface area contributed by atoms with Gasteiger partial charge in [-0.15, -0.1) is 0 Å². The predicted molar refractivity (Wildman–Crippen MR) is 116 cm³/mol. The first-order valence-corrected chi connectivity index (χ1v) is 9.34. The van der Waals surface area contributed by atoms with Crippen LogP contribution in [0.4, 0.5) is 26.5 Å². The van der Waals surface area contributed by atoms with E-state index in [1.54, 1.807) is 16.8 Å². The summed E-state index contributed by atoms with van der Waals surface area (Å²) in [5.41, 5.74) is 13.9. The van der Waals surface area contributed by atoms with Gasteiger partial charge in [0.05, 0.1) is 13.7 Å². The van der Waals surface area contributed by atoms with Crippen molar-refractivity contribution >= 4 is 34.3 Å². The predicted octanol–water partition coefficient (Wildman–Crippen LogP) is 3.05. The maximum atomic E-state index is 14.7. The quantitative estimate of drug-likeness (QED) is 0.519. The standard InChI is InChI=1S/C21H20FN7O2/c1-28(21(30)31-2)17-18(23)25-20(26-19(17)24)15-13-9-6-10-14(22)16(13)29(27-15)11-12-7-4-3-5-8-12/h3-10H,11H2,1-2H3,(H4,23,24,25,26). The van der Waals surface area contributed by atoms with Gasteiger partial charge < -0.3 is 16.2 Å². The lowest BCUT2D eigenvalue weighted by atomic mass is 10.2. The highest BCUT2D eigenvalue weighted by Gasteiger charge is 2.23. The van der Waals surface area contributed by atoms with E-state index in [1.165, 1.54) is 20.2 Å². The number of amides is 1. The van der Waals surface area contributed by atoms with Gasteiger partial charge in [-0.2, -0.15) is 5.10 Å². The highest BCUT2D eigenvalue weighted by atomic mass is 19.1. The number of hydrogen-bond donors (Lipinski definition) is 2. The Morgan fingerprint density at radius 1 is 1.10 bits per heavy atom. The summed E-state index contributed by atoms with van der Waals surface area (Å²) in [5.74, 6) is -0.357. The maximum absolute atomic E-state index is 14.7. The molecule has 2 heterocycles. The Morgan fingerprint density at radius 3 is 2.42 bits per heavy atom. The first kappa shape index (κ1) is 20.1. The second kappa shape index (κ2) is 7.90. The van der Waals surface area contributed by atoms with Crippen molar-refractivity contribution in [1.82, 2.24) is 19.7 Å². The second-order valence-electron chi connectivity index (χ2n) is 6.82. The SMILES string of the molecule is COC(=O)N(C)c1c(N)nc(-c2nn(Cc3ccccc3)c3c(F)cccc23)nc1N. The minimum Gasteiger partial charge on any atom is -0.452 e. The van der Waals surface area contributed by atoms with Gasteiger partial charge in [0, 0.05) is 12.4 Å². The van der Waals surface area contributed by atoms with E-state index in [2.05, 4.69) is 19.8 Å². The van der Waals surface area contributed by atoms with E-state index in [-0.39, 0.29) is 23.1 Å². The molecule has 4 N–H and O–H groups in total. The smallest absolute Gasteiger partial charge is 0.413 e. The fourth-order valence-corrected chi connectivity index (χ4v) is 3.40. The Kier molecular flexibility index (Phi) is 5.12. The normalized spacial score (nSPS) is 10.9. The molecule has 0 unspecified atom stereocenters. The molecule has 0 saturated carbocycles. The number of carbonyl (C=O) groups excluding carboxylic acids is 1. The molecule has 0 spiro atoms. The van der Waals surface area contributed by atoms with Gasteiger partial charge in [-0.1, -0.05) is 42.5 Å². The fraction of sp³-hybridized carbons (Fsp3) is 0.143. The molecule has 158 valence electrons. The van der Waals surface area contributed by atoms with Crippen LogP contribution < -0.4 is 16.4 Å². The Hall–Kier alpha value is -4.21. The molecule has 4 rings (SSSR count). The summed E-state index contributed by atoms with van der Waals surface area (Å²) in [5, 5.41) is 5.08. The fourth-order valence-electron chi connectivity index (χ4n) is 3.40. The topological polar surface area (TPSA) is 125 Å². The Labute approximate surface area is 177 Å². The number of carbonyl (C=O) groups is 1. The van der Waals surface area contributed by atoms with Crippen molar-refractivity contribution < 1.29 is 13.9 Å². The molecule has 10 heteroatoms. The Bertz CT molecular complexity index is 1250. The molecule has 2 aromatic heterocycles. The largest absolute Gasteiger partial charge is 0.452 e. The van der Waals surface area contributed by atoms with Gasteiger partial charge in [0.25, 0.3) is 0 Å². The number of nitrogens with zero attached hydrogens (tertiary/aromatic N) is 5. The lowest BCUT2D eigenvalue weighted by molar-refractivity contribution is 0.180. The maximum Gasteiger partial charge on any atom is 0.413 e. The molecule has 0 aliphatic rings. The number of ether oxygens (including phenoxy) is 1. The third kappa shape index (κ3) is 3.59. The number of para-hydroxylation sites is 1. The van der Waals surface area contributed by atoms with Crippen LogP contribution in [0.3, 0.4) is 0 Å². The monoisotopic (exact) mass is 421 g/mol. The Balaban J connectivity index is 1.85. The molecule has 9 nitrogen and oxygen atoms in total. The van der Waals surface area contributed by atoms with Crippen LogP contribution >= 0.6 is 0 Å². The van der Waals surface area contributed by atoms with Crippen molar-refractivity contribution in [3.8, 4) is 11.5 Å². The van der Waals surface area contributed by atoms with E-state index in [0.717, 1.165) is 10.5 Å². The summed E-state index contributed by atoms with van der Waals surface area (Å²) < 4.78 is 21.0. The summed E-state index contributed by atoms with van der Waals surface area (Å²) in [6.07, 6.45) is -0.672. The van der Waals surface area contributed by atoms with E-state index in [4.69, 9.17) is 11.5 Å². The van der Waals surface area contributed by atoms with Gasteiger partial charge in [-0.3, -0.25) is 9.58 Å². The zero-order chi connectivity index (χ0) is 22.1. The van der Waals surface area contributed by atoms with E-state index >= 15 is 0 Å². The average Bonchev–Trinajstić information content (AvgIpc) is 3.13. The molecule has 0 saturated heterocycles. The number of rotatable bonds is 4. The molecule has 2 aromatic carbocycles. The van der Waals surface area contributed by atoms with Crippen LogP contribution in [-0.4, -0.2) is 40.0 Å². The molecular weight excluding hydrogens is 401 g/mol. The van der Waals surface area contributed by atoms with Crippen LogP contribution in [0.1, 0.15) is 5.56 Å². The summed E-state index contributed by atoms with van der Waals surface area (Å²) in [7, 11) is 2.68. The van der Waals surface area contributed by atoms with Crippen LogP contribution in [-0.2, 0) is 11.3 Å². The third-order valence-electron chi connectivity index (χ3n) is 4.83. The van der Waals surface area contributed by atoms with E-state index in [0.29, 0.717) is 23.1 Å². The second-order valence-corrected chi connectivity index (χ2v) is 6.82. The molecule has 0 radical (unpaired) electrons. The van der Waals surface area contributed by atoms with Gasteiger partial charge in [-0.25, -0.2) is 19.2 Å². The molecule has 4 aromatic rings. The van der Waals surface area contributed by atoms with Crippen LogP contribution in [0.5, 0.6) is 0 Å². The van der Waals surface area contributed by atoms with Crippen molar-refractivity contribution in [1.29, 1.82) is 0 Å². The van der Waals surface area contributed by atoms with Crippen LogP contribution in [0.15, 0.2) is 48.5 Å². The molecule has 0 bridgehead atoms. The van der Waals surface area contributed by atoms with Crippen LogP contribution in [0.2, 0.25) is 0 Å². The van der Waals surface area contributed by atoms with Crippen LogP contribution in [0.25, 0.3) is 22.4 Å². The molecule has 0 fully saturated rings. The van der Waals surface area contributed by atoms with Gasteiger partial charge in [0.15, 0.2) is 17.5 Å². The average molecular weight is 421 g/mol. The number of fused-ring (bicyclic) bond motifs is 1. The first-order valence-electron chi connectivity index (χ1n) is 9.34. The number of nitrogen functional groups attached to an aromatic ring is 2. The highest BCUT2D eigenvalue weighted by molar-refractivity contribution is 5.96. The first-order chi connectivity index (χ1) is 14.9. The van der Waals surface area contributed by atoms with E-state index in [1.807, 2.05) is 30.3 Å². The van der Waals surface area contributed by atoms with Crippen molar-refractivity contribution in [2.45, 2.75) is 6.54 Å². The minimum atomic E-state index is -0.672. The summed E-state index contributed by atoms with van der Waals surface area (Å²) >= 11 is 0. The van der Waals surface area contributed by atoms with E-state index < -0.39 is 11.9 Å². The minimum absolute atomic E-state index is 0.0300. The number of anilines is 3. The molecule has 1 amide bonds. The molecule has 31 heavy (non-hydrogen) atoms. The van der Waals surface area contributed by atoms with Gasteiger partial charge in [0.2, 0.25) is 0 Å². The van der Waals surface area contributed by atoms with Crippen molar-refractivity contribution in [2.75, 3.05) is 30.5 Å². The number of methoxy groups -OCH3 is 1. The third-order valence-corrected chi connectivity index (χ3v) is 4.83. The number of halogens is 1. The molecular formula is C21H20FN7O2. The molecule has 0 atom stereocenters. The lowest BCUT2D eigenvalue weighted by Gasteiger charge is -2.18. The Morgan fingerprint density at radius 2 is 1.77 bits per heavy atom. The van der Waals surface area contributed by atoms with Crippen LogP contribution in [0, 0.1) is 5.82 Å². The number of nitrogens with two attached hydrogens (primary N) is 2. The molecule has 0 aliphatic heterocycles. The molecule has 0 aliphatic carbocycles. The number of aromatic nitrogens is 4. The zero-order valence-corrected chi connectivity index (χ0v) is 16.9. The lowest BCUT2D eigenvalue weighted by Crippen LogP contribution is -2.28.